The summed E-state index contributed by atoms with van der Waals surface area (Å²) in [6.07, 6.45) is 22.5. The molecule has 4 aliphatic heterocycles. The number of carbonyl (C=O) groups is 4. The van der Waals surface area contributed by atoms with Gasteiger partial charge in [-0.05, 0) is 190 Å². The third-order valence-corrected chi connectivity index (χ3v) is 27.7. The van der Waals surface area contributed by atoms with Crippen molar-refractivity contribution >= 4 is 114 Å². The summed E-state index contributed by atoms with van der Waals surface area (Å²) in [5.41, 5.74) is 6.40. The summed E-state index contributed by atoms with van der Waals surface area (Å²) >= 11 is 25.1. The van der Waals surface area contributed by atoms with E-state index in [1.807, 2.05) is 93.3 Å². The van der Waals surface area contributed by atoms with Crippen LogP contribution in [-0.2, 0) is 13.1 Å². The van der Waals surface area contributed by atoms with Crippen molar-refractivity contribution in [3.05, 3.63) is 194 Å². The van der Waals surface area contributed by atoms with E-state index in [-0.39, 0.29) is 59.9 Å². The lowest BCUT2D eigenvalue weighted by Gasteiger charge is -2.43. The van der Waals surface area contributed by atoms with Crippen LogP contribution < -0.4 is 21.3 Å². The zero-order valence-corrected chi connectivity index (χ0v) is 74.6. The van der Waals surface area contributed by atoms with E-state index in [1.54, 1.807) is 61.8 Å². The number of aliphatic hydroxyl groups is 5. The summed E-state index contributed by atoms with van der Waals surface area (Å²) in [5, 5.41) is 101. The minimum Gasteiger partial charge on any atom is -0.391 e. The van der Waals surface area contributed by atoms with Crippen molar-refractivity contribution in [3.8, 4) is 0 Å². The van der Waals surface area contributed by atoms with E-state index in [9.17, 15) is 44.7 Å². The summed E-state index contributed by atoms with van der Waals surface area (Å²) < 4.78 is 0. The molecule has 0 unspecified atom stereocenters. The summed E-state index contributed by atoms with van der Waals surface area (Å²) in [4.78, 5) is 78.2. The minimum absolute atomic E-state index is 0.0750. The van der Waals surface area contributed by atoms with Gasteiger partial charge in [-0.15, -0.1) is 0 Å². The van der Waals surface area contributed by atoms with E-state index in [1.165, 1.54) is 6.33 Å². The maximum Gasteiger partial charge on any atom is 0.317 e. The number of hydrogen-bond acceptors (Lipinski definition) is 18. The highest BCUT2D eigenvalue weighted by Crippen LogP contribution is 2.51. The summed E-state index contributed by atoms with van der Waals surface area (Å²) in [6, 6.07) is 21.4. The van der Waals surface area contributed by atoms with Gasteiger partial charge in [0.15, 0.2) is 0 Å². The Labute approximate surface area is 741 Å². The van der Waals surface area contributed by atoms with Gasteiger partial charge in [0.25, 0.3) is 0 Å². The second-order valence-corrected chi connectivity index (χ2v) is 37.7. The number of aromatic nitrogens is 13. The van der Waals surface area contributed by atoms with Crippen LogP contribution in [0.1, 0.15) is 203 Å². The molecule has 4 saturated heterocycles. The highest BCUT2D eigenvalue weighted by atomic mass is 35.5. The molecule has 124 heavy (non-hydrogen) atoms. The number of benzene rings is 4. The van der Waals surface area contributed by atoms with Gasteiger partial charge >= 0.3 is 24.1 Å². The molecular weight excluding hydrogens is 1660 g/mol. The second-order valence-electron chi connectivity index (χ2n) is 36.0. The first-order valence-electron chi connectivity index (χ1n) is 42.7. The third-order valence-electron chi connectivity index (χ3n) is 26.8. The normalized spacial score (nSPS) is 18.6. The molecule has 8 amide bonds. The number of fused-ring (bicyclic) bond motifs is 4. The van der Waals surface area contributed by atoms with Gasteiger partial charge in [-0.1, -0.05) is 108 Å². The van der Waals surface area contributed by atoms with Crippen molar-refractivity contribution in [2.75, 3.05) is 52.4 Å². The molecule has 30 nitrogen and oxygen atoms in total. The van der Waals surface area contributed by atoms with Crippen molar-refractivity contribution in [2.45, 2.75) is 189 Å². The highest BCUT2D eigenvalue weighted by Gasteiger charge is 2.46. The van der Waals surface area contributed by atoms with Crippen LogP contribution in [0.4, 0.5) is 19.2 Å². The molecule has 7 aromatic heterocycles. The third kappa shape index (κ3) is 21.4. The van der Waals surface area contributed by atoms with E-state index in [4.69, 9.17) is 46.4 Å². The Balaban J connectivity index is 0.000000142. The first kappa shape index (κ1) is 91.8. The van der Waals surface area contributed by atoms with Gasteiger partial charge in [0.05, 0.1) is 102 Å². The number of amides is 8. The number of rotatable bonds is 19. The van der Waals surface area contributed by atoms with Crippen LogP contribution in [-0.4, -0.2) is 199 Å². The molecule has 16 rings (SSSR count). The smallest absolute Gasteiger partial charge is 0.317 e. The van der Waals surface area contributed by atoms with Crippen molar-refractivity contribution in [1.82, 2.24) is 107 Å². The van der Waals surface area contributed by atoms with Crippen LogP contribution in [0, 0.1) is 45.3 Å². The molecule has 7 atom stereocenters. The monoisotopic (exact) mass is 1770 g/mol. The fraction of sp³-hybridized carbons (Fsp3) is 0.500. The van der Waals surface area contributed by atoms with Gasteiger partial charge in [-0.25, -0.2) is 39.1 Å². The van der Waals surface area contributed by atoms with Crippen LogP contribution in [0.2, 0.25) is 20.1 Å². The predicted molar refractivity (Wildman–Crippen MR) is 478 cm³/mol. The number of pyridine rings is 1. The van der Waals surface area contributed by atoms with Crippen LogP contribution in [0.25, 0.3) is 43.6 Å². The van der Waals surface area contributed by atoms with Crippen molar-refractivity contribution < 1.29 is 44.7 Å². The molecule has 13 N–H and O–H groups in total. The molecule has 34 heteroatoms. The fourth-order valence-corrected chi connectivity index (χ4v) is 19.5. The average Bonchev–Trinajstić information content (AvgIpc) is 1.44. The summed E-state index contributed by atoms with van der Waals surface area (Å²) in [5.74, 6) is 1.60. The second kappa shape index (κ2) is 40.2. The molecule has 1 aliphatic carbocycles. The lowest BCUT2D eigenvalue weighted by molar-refractivity contribution is -0.0146. The highest BCUT2D eigenvalue weighted by molar-refractivity contribution is 6.32. The van der Waals surface area contributed by atoms with Gasteiger partial charge in [0.1, 0.15) is 12.2 Å². The van der Waals surface area contributed by atoms with Crippen molar-refractivity contribution in [2.24, 2.45) is 45.3 Å². The molecule has 11 heterocycles. The Kier molecular flexibility index (Phi) is 29.7. The van der Waals surface area contributed by atoms with Crippen LogP contribution >= 0.6 is 46.4 Å². The SMILES string of the molecule is CC(C)(C1CCN(C(=O)NCc2cncnc2)CC1)[C@H](O)c1cc(Cl)cc2cn[nH]c12.CC(C)(C1CCN(C(=O)NCc2ncccn2)CC1)[C@H](O)c1cc(Cl)cc2cn[nH]c12.CC(C)(C1CCN(C(=O)N[C@H]2CCC[C@H]2O)CC1)[C@H](O)c1cc(Cl)cc2cn[nH]c12.C[C@@H](NC(=O)N1CCC(C(C)(C)[C@H](O)c2cc(Cl)cc3cn[nH]c23)CC1)c1ccccn1. The van der Waals surface area contributed by atoms with Crippen LogP contribution in [0.3, 0.4) is 0 Å². The van der Waals surface area contributed by atoms with E-state index >= 15 is 0 Å². The van der Waals surface area contributed by atoms with Crippen molar-refractivity contribution in [3.63, 3.8) is 0 Å². The molecular formula is C90H115Cl4N21O9. The van der Waals surface area contributed by atoms with Crippen LogP contribution in [0.15, 0.2) is 135 Å². The molecule has 5 aliphatic rings. The molecule has 1 saturated carbocycles. The Morgan fingerprint density at radius 2 is 0.774 bits per heavy atom. The van der Waals surface area contributed by atoms with E-state index < -0.39 is 52.2 Å². The molecule has 11 aromatic rings. The maximum atomic E-state index is 12.8. The largest absolute Gasteiger partial charge is 0.391 e. The fourth-order valence-electron chi connectivity index (χ4n) is 18.6. The Bertz CT molecular complexity index is 5230. The van der Waals surface area contributed by atoms with E-state index in [2.05, 4.69) is 142 Å². The van der Waals surface area contributed by atoms with Gasteiger partial charge in [0, 0.05) is 159 Å². The number of piperidine rings is 4. The molecule has 0 bridgehead atoms. The quantitative estimate of drug-likeness (QED) is 0.0358. The number of carbonyl (C=O) groups excluding carboxylic acids is 4. The number of halogens is 4. The standard InChI is InChI=1S/C24H30ClN5O2.2C22H27ClN6O2.C22H31ClN4O3/c1-15(20-6-4-5-9-26-20)28-23(32)30-10-7-17(8-11-30)24(2,3)22(31)19-13-18(25)12-16-14-27-29-21(16)19;1-22(2,20(30)17-11-16(23)10-14-12-27-28-19(14)17)15-4-8-29(9-5-15)21(31)26-13-18-24-6-3-7-25-18;1-22(2,20(30)18-8-17(23)7-15-12-27-28-19(15)18)16-3-5-29(6-4-16)21(31)26-11-14-9-24-13-25-10-14;1-22(2,20(29)16-11-15(23)10-13-12-24-26-19(13)16)14-6-8-27(9-7-14)21(30)25-17-4-3-5-18(17)28/h4-6,9,12-15,17,22,31H,7-8,10-11H2,1-3H3,(H,27,29)(H,28,32);3,6-7,10-12,15,20,30H,4-5,8-9,13H2,1-2H3,(H,26,31)(H,27,28);7-10,12-13,16,20,30H,3-6,11H2,1-2H3,(H,26,31)(H,27,28);10-12,14,17-18,20,28-29H,3-9H2,1-2H3,(H,24,26)(H,25,30)/t15-,22-;2*20-;17-,18+,20+/m1110/s1. The number of H-pyrrole nitrogens is 4. The molecule has 5 fully saturated rings. The Morgan fingerprint density at radius 1 is 0.435 bits per heavy atom. The predicted octanol–water partition coefficient (Wildman–Crippen LogP) is 15.8. The number of nitrogens with one attached hydrogen (secondary N) is 8. The summed E-state index contributed by atoms with van der Waals surface area (Å²) in [6.45, 7) is 24.4. The van der Waals surface area contributed by atoms with Crippen molar-refractivity contribution in [1.29, 1.82) is 0 Å². The van der Waals surface area contributed by atoms with E-state index in [0.29, 0.717) is 91.4 Å². The summed E-state index contributed by atoms with van der Waals surface area (Å²) in [7, 11) is 0. The maximum absolute atomic E-state index is 12.8. The molecule has 0 radical (unpaired) electrons. The number of aliphatic hydroxyl groups excluding tert-OH is 5. The first-order chi connectivity index (χ1) is 59.3. The molecule has 0 spiro atoms. The number of likely N-dealkylation sites (tertiary alicyclic amines) is 4. The van der Waals surface area contributed by atoms with Gasteiger partial charge in [-0.2, -0.15) is 20.4 Å². The average molecular weight is 1780 g/mol. The van der Waals surface area contributed by atoms with Gasteiger partial charge < -0.3 is 66.4 Å². The zero-order chi connectivity index (χ0) is 88.4. The number of aromatic amines is 4. The van der Waals surface area contributed by atoms with Gasteiger partial charge in [-0.3, -0.25) is 25.4 Å². The van der Waals surface area contributed by atoms with E-state index in [0.717, 1.165) is 148 Å². The lowest BCUT2D eigenvalue weighted by Crippen LogP contribution is -2.51. The Morgan fingerprint density at radius 3 is 1.11 bits per heavy atom. The topological polar surface area (TPSA) is 410 Å². The number of nitrogens with zero attached hydrogens (tertiary/aromatic N) is 13. The number of hydrogen-bond donors (Lipinski definition) is 13. The zero-order valence-electron chi connectivity index (χ0n) is 71.6. The molecule has 662 valence electrons. The lowest BCUT2D eigenvalue weighted by atomic mass is 9.68. The number of urea groups is 4. The van der Waals surface area contributed by atoms with Crippen LogP contribution in [0.5, 0.6) is 0 Å². The van der Waals surface area contributed by atoms with Gasteiger partial charge in [0.2, 0.25) is 0 Å². The minimum atomic E-state index is -0.713. The first-order valence-corrected chi connectivity index (χ1v) is 44.2. The molecule has 4 aromatic carbocycles. The Hall–Kier alpha value is -9.89.